The van der Waals surface area contributed by atoms with Gasteiger partial charge >= 0.3 is 0 Å². The van der Waals surface area contributed by atoms with E-state index in [0.717, 1.165) is 16.8 Å². The molecule has 4 rings (SSSR count). The van der Waals surface area contributed by atoms with Crippen LogP contribution in [0.25, 0.3) is 6.08 Å². The molecule has 0 unspecified atom stereocenters. The van der Waals surface area contributed by atoms with Crippen LogP contribution in [0.5, 0.6) is 11.5 Å². The number of para-hydroxylation sites is 1. The predicted octanol–water partition coefficient (Wildman–Crippen LogP) is 6.19. The summed E-state index contributed by atoms with van der Waals surface area (Å²) in [7, 11) is 3.34. The number of anilines is 1. The van der Waals surface area contributed by atoms with Crippen molar-refractivity contribution >= 4 is 58.2 Å². The third-order valence-corrected chi connectivity index (χ3v) is 6.21. The molecule has 5 nitrogen and oxygen atoms in total. The third-order valence-electron chi connectivity index (χ3n) is 5.17. The Balaban J connectivity index is 1.57. The smallest absolute Gasteiger partial charge is 0.281 e. The van der Waals surface area contributed by atoms with Crippen molar-refractivity contribution in [1.82, 2.24) is 4.90 Å². The van der Waals surface area contributed by atoms with Gasteiger partial charge in [0.1, 0.15) is 12.3 Å². The minimum absolute atomic E-state index is 0.189. The largest absolute Gasteiger partial charge is 0.493 e. The Morgan fingerprint density at radius 2 is 1.76 bits per heavy atom. The molecule has 0 aliphatic carbocycles. The van der Waals surface area contributed by atoms with E-state index in [2.05, 4.69) is 0 Å². The molecule has 0 radical (unpaired) electrons. The minimum Gasteiger partial charge on any atom is -0.493 e. The lowest BCUT2D eigenvalue weighted by Gasteiger charge is -2.16. The molecule has 8 heteroatoms. The summed E-state index contributed by atoms with van der Waals surface area (Å²) in [5, 5.41) is 1.52. The van der Waals surface area contributed by atoms with Gasteiger partial charge < -0.3 is 14.4 Å². The van der Waals surface area contributed by atoms with Crippen molar-refractivity contribution in [3.63, 3.8) is 0 Å². The molecule has 3 aromatic carbocycles. The summed E-state index contributed by atoms with van der Waals surface area (Å²) in [4.78, 5) is 16.3. The summed E-state index contributed by atoms with van der Waals surface area (Å²) >= 11 is 17.7. The van der Waals surface area contributed by atoms with Crippen LogP contribution < -0.4 is 14.4 Å². The van der Waals surface area contributed by atoms with E-state index >= 15 is 0 Å². The number of amides is 1. The molecule has 0 spiro atoms. The SMILES string of the molecule is COc1cc(/C=C2/C(=O)N(c3ccccc3)C(=S)N2C)ccc1OCc1ccc(Cl)cc1Cl. The number of benzene rings is 3. The van der Waals surface area contributed by atoms with E-state index in [-0.39, 0.29) is 12.5 Å². The summed E-state index contributed by atoms with van der Waals surface area (Å²) in [5.41, 5.74) is 2.77. The molecular formula is C25H20Cl2N2O3S. The number of rotatable bonds is 6. The van der Waals surface area contributed by atoms with E-state index in [1.165, 1.54) is 4.90 Å². The number of nitrogens with zero attached hydrogens (tertiary/aromatic N) is 2. The van der Waals surface area contributed by atoms with Crippen LogP contribution in [0.15, 0.2) is 72.4 Å². The van der Waals surface area contributed by atoms with Crippen LogP contribution in [0.4, 0.5) is 5.69 Å². The highest BCUT2D eigenvalue weighted by atomic mass is 35.5. The van der Waals surface area contributed by atoms with Gasteiger partial charge in [-0.15, -0.1) is 0 Å². The fraction of sp³-hybridized carbons (Fsp3) is 0.120. The van der Waals surface area contributed by atoms with E-state index in [4.69, 9.17) is 44.9 Å². The Morgan fingerprint density at radius 3 is 2.45 bits per heavy atom. The van der Waals surface area contributed by atoms with Crippen LogP contribution in [0, 0.1) is 0 Å². The molecule has 0 saturated carbocycles. The lowest BCUT2D eigenvalue weighted by atomic mass is 10.1. The second-order valence-corrected chi connectivity index (χ2v) is 8.49. The lowest BCUT2D eigenvalue weighted by molar-refractivity contribution is -0.114. The molecule has 1 amide bonds. The zero-order valence-electron chi connectivity index (χ0n) is 17.9. The zero-order valence-corrected chi connectivity index (χ0v) is 20.2. The van der Waals surface area contributed by atoms with E-state index < -0.39 is 0 Å². The highest BCUT2D eigenvalue weighted by Gasteiger charge is 2.36. The molecule has 0 aromatic heterocycles. The monoisotopic (exact) mass is 498 g/mol. The summed E-state index contributed by atoms with van der Waals surface area (Å²) in [6, 6.07) is 20.0. The molecule has 168 valence electrons. The van der Waals surface area contributed by atoms with Gasteiger partial charge in [-0.2, -0.15) is 0 Å². The Labute approximate surface area is 207 Å². The van der Waals surface area contributed by atoms with Crippen LogP contribution >= 0.6 is 35.4 Å². The summed E-state index contributed by atoms with van der Waals surface area (Å²) < 4.78 is 11.4. The van der Waals surface area contributed by atoms with Gasteiger partial charge in [-0.05, 0) is 60.3 Å². The molecule has 1 fully saturated rings. The average Bonchev–Trinajstić information content (AvgIpc) is 3.02. The number of carbonyl (C=O) groups is 1. The number of halogens is 2. The highest BCUT2D eigenvalue weighted by Crippen LogP contribution is 2.33. The van der Waals surface area contributed by atoms with Crippen molar-refractivity contribution in [2.45, 2.75) is 6.61 Å². The Hall–Kier alpha value is -3.06. The molecule has 1 aliphatic rings. The second-order valence-electron chi connectivity index (χ2n) is 7.28. The molecule has 0 atom stereocenters. The highest BCUT2D eigenvalue weighted by molar-refractivity contribution is 7.80. The predicted molar refractivity (Wildman–Crippen MR) is 136 cm³/mol. The first kappa shape index (κ1) is 23.1. The molecule has 33 heavy (non-hydrogen) atoms. The first-order chi connectivity index (χ1) is 15.9. The number of carbonyl (C=O) groups excluding carboxylic acids is 1. The number of methoxy groups -OCH3 is 1. The maximum Gasteiger partial charge on any atom is 0.281 e. The standard InChI is InChI=1S/C25H20Cl2N2O3S/c1-28-21(24(30)29(25(28)33)19-6-4-3-5-7-19)12-16-8-11-22(23(13-16)31-2)32-15-17-9-10-18(26)14-20(17)27/h3-14H,15H2,1-2H3/b21-12-. The van der Waals surface area contributed by atoms with Crippen molar-refractivity contribution in [2.24, 2.45) is 0 Å². The lowest BCUT2D eigenvalue weighted by Crippen LogP contribution is -2.30. The fourth-order valence-electron chi connectivity index (χ4n) is 3.41. The van der Waals surface area contributed by atoms with E-state index in [1.807, 2.05) is 42.5 Å². The summed E-state index contributed by atoms with van der Waals surface area (Å²) in [6.45, 7) is 0.258. The van der Waals surface area contributed by atoms with Crippen molar-refractivity contribution in [3.05, 3.63) is 93.6 Å². The second kappa shape index (κ2) is 9.83. The minimum atomic E-state index is -0.189. The maximum absolute atomic E-state index is 13.1. The molecule has 0 bridgehead atoms. The molecule has 3 aromatic rings. The van der Waals surface area contributed by atoms with E-state index in [9.17, 15) is 4.79 Å². The number of hydrogen-bond acceptors (Lipinski definition) is 4. The summed E-state index contributed by atoms with van der Waals surface area (Å²) in [6.07, 6.45) is 1.78. The number of ether oxygens (including phenoxy) is 2. The quantitative estimate of drug-likeness (QED) is 0.299. The summed E-state index contributed by atoms with van der Waals surface area (Å²) in [5.74, 6) is 0.897. The van der Waals surface area contributed by atoms with Gasteiger partial charge in [0.25, 0.3) is 5.91 Å². The Kier molecular flexibility index (Phi) is 6.88. The van der Waals surface area contributed by atoms with Crippen molar-refractivity contribution < 1.29 is 14.3 Å². The van der Waals surface area contributed by atoms with Crippen molar-refractivity contribution in [2.75, 3.05) is 19.1 Å². The molecule has 1 aliphatic heterocycles. The Morgan fingerprint density at radius 1 is 1.00 bits per heavy atom. The van der Waals surface area contributed by atoms with Crippen molar-refractivity contribution in [3.8, 4) is 11.5 Å². The van der Waals surface area contributed by atoms with Gasteiger partial charge in [0, 0.05) is 22.7 Å². The van der Waals surface area contributed by atoms with Gasteiger partial charge in [0.15, 0.2) is 16.6 Å². The van der Waals surface area contributed by atoms with Crippen LogP contribution in [0.1, 0.15) is 11.1 Å². The molecule has 1 saturated heterocycles. The van der Waals surface area contributed by atoms with Gasteiger partial charge in [-0.1, -0.05) is 53.5 Å². The number of likely N-dealkylation sites (N-methyl/N-ethyl adjacent to an activating group) is 1. The average molecular weight is 499 g/mol. The zero-order chi connectivity index (χ0) is 23.5. The van der Waals surface area contributed by atoms with Crippen LogP contribution in [0.2, 0.25) is 10.0 Å². The molecule has 0 N–H and O–H groups in total. The van der Waals surface area contributed by atoms with E-state index in [0.29, 0.717) is 32.4 Å². The maximum atomic E-state index is 13.1. The fourth-order valence-corrected chi connectivity index (χ4v) is 4.16. The van der Waals surface area contributed by atoms with Crippen LogP contribution in [0.3, 0.4) is 0 Å². The van der Waals surface area contributed by atoms with Crippen molar-refractivity contribution in [1.29, 1.82) is 0 Å². The van der Waals surface area contributed by atoms with E-state index in [1.54, 1.807) is 49.4 Å². The van der Waals surface area contributed by atoms with Gasteiger partial charge in [-0.3, -0.25) is 9.69 Å². The first-order valence-corrected chi connectivity index (χ1v) is 11.2. The van der Waals surface area contributed by atoms with Gasteiger partial charge in [0.05, 0.1) is 12.8 Å². The first-order valence-electron chi connectivity index (χ1n) is 10.0. The third kappa shape index (κ3) is 4.83. The molecular weight excluding hydrogens is 479 g/mol. The normalized spacial score (nSPS) is 14.8. The topological polar surface area (TPSA) is 42.0 Å². The van der Waals surface area contributed by atoms with Crippen LogP contribution in [-0.4, -0.2) is 30.1 Å². The molecule has 1 heterocycles. The van der Waals surface area contributed by atoms with Crippen LogP contribution in [-0.2, 0) is 11.4 Å². The van der Waals surface area contributed by atoms with Gasteiger partial charge in [-0.25, -0.2) is 0 Å². The number of thiocarbonyl (C=S) groups is 1. The number of hydrogen-bond donors (Lipinski definition) is 0. The Bertz CT molecular complexity index is 1250. The van der Waals surface area contributed by atoms with Gasteiger partial charge in [0.2, 0.25) is 0 Å².